The van der Waals surface area contributed by atoms with E-state index < -0.39 is 10.1 Å². The summed E-state index contributed by atoms with van der Waals surface area (Å²) in [7, 11) is -2.25. The molecule has 0 spiro atoms. The molecule has 0 unspecified atom stereocenters. The van der Waals surface area contributed by atoms with E-state index in [2.05, 4.69) is 37.8 Å². The summed E-state index contributed by atoms with van der Waals surface area (Å²) in [5, 5.41) is 0.501. The first-order chi connectivity index (χ1) is 9.88. The second-order valence-corrected chi connectivity index (χ2v) is 8.71. The molecule has 6 nitrogen and oxygen atoms in total. The Bertz CT molecular complexity index is 782. The molecule has 9 heteroatoms. The Morgan fingerprint density at radius 1 is 1.33 bits per heavy atom. The first-order valence-electron chi connectivity index (χ1n) is 6.36. The lowest BCUT2D eigenvalue weighted by Gasteiger charge is -2.33. The van der Waals surface area contributed by atoms with Crippen LogP contribution in [-0.4, -0.2) is 56.1 Å². The molecule has 0 atom stereocenters. The molecule has 1 N–H and O–H groups in total. The molecule has 3 rings (SSSR count). The van der Waals surface area contributed by atoms with Gasteiger partial charge in [0.25, 0.3) is 10.1 Å². The zero-order chi connectivity index (χ0) is 15.2. The van der Waals surface area contributed by atoms with Gasteiger partial charge in [-0.3, -0.25) is 4.55 Å². The summed E-state index contributed by atoms with van der Waals surface area (Å²) in [5.41, 5.74) is 0. The van der Waals surface area contributed by atoms with Crippen molar-refractivity contribution in [1.82, 2.24) is 9.88 Å². The molecule has 0 bridgehead atoms. The highest BCUT2D eigenvalue weighted by atomic mass is 79.9. The van der Waals surface area contributed by atoms with E-state index in [0.29, 0.717) is 15.0 Å². The Morgan fingerprint density at radius 2 is 2.00 bits per heavy atom. The van der Waals surface area contributed by atoms with E-state index in [1.807, 2.05) is 0 Å². The van der Waals surface area contributed by atoms with Crippen LogP contribution in [0.5, 0.6) is 0 Å². The lowest BCUT2D eigenvalue weighted by atomic mass is 10.2. The number of piperazine rings is 1. The highest BCUT2D eigenvalue weighted by Gasteiger charge is 2.27. The number of anilines is 1. The van der Waals surface area contributed by atoms with Crippen molar-refractivity contribution < 1.29 is 13.0 Å². The van der Waals surface area contributed by atoms with Crippen molar-refractivity contribution in [3.05, 3.63) is 16.0 Å². The Morgan fingerprint density at radius 3 is 2.62 bits per heavy atom. The standard InChI is InChI=1S/C12H14BrN3O3S2/c1-15-4-6-16(7-5-15)12-9-8(2-3-14-12)20-11(13)10(9)21(17,18)19/h2-3H,4-7H2,1H3,(H,17,18,19). The molecular weight excluding hydrogens is 378 g/mol. The van der Waals surface area contributed by atoms with Crippen LogP contribution in [0.1, 0.15) is 0 Å². The van der Waals surface area contributed by atoms with E-state index in [0.717, 1.165) is 30.9 Å². The summed E-state index contributed by atoms with van der Waals surface area (Å²) < 4.78 is 34.1. The largest absolute Gasteiger partial charge is 0.353 e. The third-order valence-corrected chi connectivity index (χ3v) is 6.70. The fourth-order valence-electron chi connectivity index (χ4n) is 2.46. The van der Waals surface area contributed by atoms with Crippen molar-refractivity contribution in [2.45, 2.75) is 4.90 Å². The van der Waals surface area contributed by atoms with Gasteiger partial charge in [0.2, 0.25) is 0 Å². The molecule has 0 amide bonds. The first-order valence-corrected chi connectivity index (χ1v) is 9.41. The third-order valence-electron chi connectivity index (χ3n) is 3.56. The van der Waals surface area contributed by atoms with E-state index in [9.17, 15) is 13.0 Å². The fraction of sp³-hybridized carbons (Fsp3) is 0.417. The highest BCUT2D eigenvalue weighted by Crippen LogP contribution is 2.42. The van der Waals surface area contributed by atoms with Crippen molar-refractivity contribution in [2.75, 3.05) is 38.1 Å². The molecule has 0 aliphatic carbocycles. The Hall–Kier alpha value is -0.740. The zero-order valence-electron chi connectivity index (χ0n) is 11.3. The molecular formula is C12H14BrN3O3S2. The van der Waals surface area contributed by atoms with Crippen LogP contribution in [0.15, 0.2) is 20.9 Å². The van der Waals surface area contributed by atoms with Gasteiger partial charge in [-0.05, 0) is 29.0 Å². The number of aromatic nitrogens is 1. The first kappa shape index (κ1) is 15.2. The van der Waals surface area contributed by atoms with Crippen LogP contribution in [0.2, 0.25) is 0 Å². The van der Waals surface area contributed by atoms with Crippen LogP contribution in [0, 0.1) is 0 Å². The molecule has 1 aliphatic rings. The third kappa shape index (κ3) is 2.80. The van der Waals surface area contributed by atoms with Gasteiger partial charge in [-0.15, -0.1) is 11.3 Å². The minimum Gasteiger partial charge on any atom is -0.353 e. The summed E-state index contributed by atoms with van der Waals surface area (Å²) >= 11 is 4.52. The predicted molar refractivity (Wildman–Crippen MR) is 86.8 cm³/mol. The van der Waals surface area contributed by atoms with Crippen molar-refractivity contribution in [2.24, 2.45) is 0 Å². The summed E-state index contributed by atoms with van der Waals surface area (Å²) in [6.07, 6.45) is 1.67. The van der Waals surface area contributed by atoms with Gasteiger partial charge in [0.15, 0.2) is 0 Å². The zero-order valence-corrected chi connectivity index (χ0v) is 14.5. The topological polar surface area (TPSA) is 73.7 Å². The maximum Gasteiger partial charge on any atom is 0.297 e. The van der Waals surface area contributed by atoms with Crippen LogP contribution in [0.25, 0.3) is 10.1 Å². The second kappa shape index (κ2) is 5.47. The van der Waals surface area contributed by atoms with E-state index >= 15 is 0 Å². The monoisotopic (exact) mass is 391 g/mol. The summed E-state index contributed by atoms with van der Waals surface area (Å²) in [6.45, 7) is 3.34. The molecule has 2 aromatic heterocycles. The lowest BCUT2D eigenvalue weighted by Crippen LogP contribution is -2.44. The maximum absolute atomic E-state index is 11.7. The number of hydrogen-bond acceptors (Lipinski definition) is 6. The Kier molecular flexibility index (Phi) is 3.95. The average Bonchev–Trinajstić information content (AvgIpc) is 2.75. The van der Waals surface area contributed by atoms with E-state index in [4.69, 9.17) is 0 Å². The number of fused-ring (bicyclic) bond motifs is 1. The van der Waals surface area contributed by atoms with E-state index in [1.165, 1.54) is 11.3 Å². The SMILES string of the molecule is CN1CCN(c2nccc3sc(Br)c(S(=O)(=O)O)c23)CC1. The van der Waals surface area contributed by atoms with Gasteiger partial charge in [-0.1, -0.05) is 0 Å². The minimum atomic E-state index is -4.30. The summed E-state index contributed by atoms with van der Waals surface area (Å²) in [4.78, 5) is 8.56. The minimum absolute atomic E-state index is 0.0791. The Balaban J connectivity index is 2.19. The number of hydrogen-bond donors (Lipinski definition) is 1. The molecule has 114 valence electrons. The van der Waals surface area contributed by atoms with Crippen molar-refractivity contribution >= 4 is 53.3 Å². The van der Waals surface area contributed by atoms with Crippen LogP contribution >= 0.6 is 27.3 Å². The average molecular weight is 392 g/mol. The molecule has 2 aromatic rings. The quantitative estimate of drug-likeness (QED) is 0.789. The van der Waals surface area contributed by atoms with Gasteiger partial charge < -0.3 is 9.80 Å². The maximum atomic E-state index is 11.7. The molecule has 1 fully saturated rings. The Labute approximate surface area is 135 Å². The summed E-state index contributed by atoms with van der Waals surface area (Å²) in [5.74, 6) is 0.621. The molecule has 0 aromatic carbocycles. The molecule has 1 aliphatic heterocycles. The van der Waals surface area contributed by atoms with Crippen LogP contribution in [0.3, 0.4) is 0 Å². The molecule has 21 heavy (non-hydrogen) atoms. The van der Waals surface area contributed by atoms with Crippen molar-refractivity contribution in [1.29, 1.82) is 0 Å². The highest BCUT2D eigenvalue weighted by molar-refractivity contribution is 9.11. The second-order valence-electron chi connectivity index (χ2n) is 4.98. The fourth-order valence-corrected chi connectivity index (χ4v) is 5.78. The number of likely N-dealkylation sites (N-methyl/N-ethyl adjacent to an activating group) is 1. The van der Waals surface area contributed by atoms with Crippen molar-refractivity contribution in [3.63, 3.8) is 0 Å². The van der Waals surface area contributed by atoms with E-state index in [1.54, 1.807) is 12.3 Å². The number of halogens is 1. The molecule has 0 radical (unpaired) electrons. The normalized spacial score (nSPS) is 17.6. The van der Waals surface area contributed by atoms with Crippen LogP contribution < -0.4 is 4.90 Å². The smallest absolute Gasteiger partial charge is 0.297 e. The summed E-state index contributed by atoms with van der Waals surface area (Å²) in [6, 6.07) is 1.76. The predicted octanol–water partition coefficient (Wildman–Crippen LogP) is 2.06. The number of rotatable bonds is 2. The van der Waals surface area contributed by atoms with Crippen LogP contribution in [0.4, 0.5) is 5.82 Å². The van der Waals surface area contributed by atoms with E-state index in [-0.39, 0.29) is 4.90 Å². The number of thiophene rings is 1. The van der Waals surface area contributed by atoms with Gasteiger partial charge in [-0.2, -0.15) is 8.42 Å². The number of pyridine rings is 1. The van der Waals surface area contributed by atoms with Gasteiger partial charge in [0, 0.05) is 37.1 Å². The van der Waals surface area contributed by atoms with Gasteiger partial charge >= 0.3 is 0 Å². The van der Waals surface area contributed by atoms with Gasteiger partial charge in [0.1, 0.15) is 10.7 Å². The molecule has 0 saturated carbocycles. The molecule has 1 saturated heterocycles. The number of nitrogens with zero attached hydrogens (tertiary/aromatic N) is 3. The van der Waals surface area contributed by atoms with Crippen LogP contribution in [-0.2, 0) is 10.1 Å². The lowest BCUT2D eigenvalue weighted by molar-refractivity contribution is 0.312. The molecule has 3 heterocycles. The van der Waals surface area contributed by atoms with Crippen molar-refractivity contribution in [3.8, 4) is 0 Å². The van der Waals surface area contributed by atoms with Gasteiger partial charge in [0.05, 0.1) is 9.17 Å². The van der Waals surface area contributed by atoms with Gasteiger partial charge in [-0.25, -0.2) is 4.98 Å².